The van der Waals surface area contributed by atoms with E-state index in [0.29, 0.717) is 33.0 Å². The summed E-state index contributed by atoms with van der Waals surface area (Å²) in [4.78, 5) is 12.2. The Hall–Kier alpha value is -0.650. The van der Waals surface area contributed by atoms with Crippen LogP contribution in [0.15, 0.2) is 22.7 Å². The van der Waals surface area contributed by atoms with E-state index in [1.807, 2.05) is 0 Å². The van der Waals surface area contributed by atoms with Crippen LogP contribution in [0.2, 0.25) is 5.02 Å². The van der Waals surface area contributed by atoms with Gasteiger partial charge in [0.05, 0.1) is 15.6 Å². The number of halogens is 2. The molecule has 1 rings (SSSR count). The molecule has 3 N–H and O–H groups in total. The average molecular weight is 336 g/mol. The molecule has 92 valence electrons. The number of hydrogen-bond acceptors (Lipinski definition) is 2. The van der Waals surface area contributed by atoms with Crippen LogP contribution in [0.4, 0.5) is 0 Å². The third-order valence-corrected chi connectivity index (χ3v) is 3.58. The summed E-state index contributed by atoms with van der Waals surface area (Å²) in [5, 5.41) is 3.18. The van der Waals surface area contributed by atoms with Gasteiger partial charge in [-0.2, -0.15) is 0 Å². The van der Waals surface area contributed by atoms with Gasteiger partial charge in [-0.1, -0.05) is 29.9 Å². The molecule has 0 spiro atoms. The van der Waals surface area contributed by atoms with Gasteiger partial charge in [0.2, 0.25) is 0 Å². The fourth-order valence-corrected chi connectivity index (χ4v) is 1.96. The Morgan fingerprint density at radius 3 is 2.88 bits per heavy atom. The number of amides is 1. The second kappa shape index (κ2) is 6.93. The molecule has 1 amide bonds. The van der Waals surface area contributed by atoms with Crippen LogP contribution in [0.25, 0.3) is 0 Å². The zero-order valence-electron chi connectivity index (χ0n) is 9.00. The number of nitrogens with two attached hydrogens (primary N) is 1. The van der Waals surface area contributed by atoms with Gasteiger partial charge in [-0.05, 0) is 40.9 Å². The van der Waals surface area contributed by atoms with E-state index in [1.165, 1.54) is 0 Å². The normalized spacial score (nSPS) is 10.0. The van der Waals surface area contributed by atoms with Crippen molar-refractivity contribution in [2.24, 2.45) is 5.73 Å². The lowest BCUT2D eigenvalue weighted by atomic mass is 10.2. The molecule has 0 radical (unpaired) electrons. The molecule has 0 bridgehead atoms. The highest BCUT2D eigenvalue weighted by Crippen LogP contribution is 2.25. The molecule has 0 aliphatic carbocycles. The van der Waals surface area contributed by atoms with Crippen molar-refractivity contribution >= 4 is 50.6 Å². The number of hydrogen-bond donors (Lipinski definition) is 2. The molecule has 0 unspecified atom stereocenters. The van der Waals surface area contributed by atoms with Gasteiger partial charge in [0.1, 0.15) is 0 Å². The van der Waals surface area contributed by atoms with Gasteiger partial charge >= 0.3 is 0 Å². The third kappa shape index (κ3) is 4.61. The van der Waals surface area contributed by atoms with Crippen molar-refractivity contribution < 1.29 is 4.79 Å². The zero-order chi connectivity index (χ0) is 12.8. The molecule has 0 saturated heterocycles. The zero-order valence-corrected chi connectivity index (χ0v) is 12.2. The summed E-state index contributed by atoms with van der Waals surface area (Å²) in [5.74, 6) is -0.195. The maximum Gasteiger partial charge on any atom is 0.252 e. The molecule has 0 saturated carbocycles. The van der Waals surface area contributed by atoms with Crippen LogP contribution in [0, 0.1) is 0 Å². The minimum absolute atomic E-state index is 0.195. The molecule has 0 fully saturated rings. The molecule has 3 nitrogen and oxygen atoms in total. The van der Waals surface area contributed by atoms with Gasteiger partial charge < -0.3 is 11.1 Å². The van der Waals surface area contributed by atoms with Crippen LogP contribution in [-0.2, 0) is 0 Å². The molecule has 0 heterocycles. The van der Waals surface area contributed by atoms with E-state index in [0.717, 1.165) is 6.42 Å². The third-order valence-electron chi connectivity index (χ3n) is 2.08. The Balaban J connectivity index is 2.53. The number of benzene rings is 1. The van der Waals surface area contributed by atoms with E-state index in [-0.39, 0.29) is 5.91 Å². The van der Waals surface area contributed by atoms with Crippen molar-refractivity contribution in [3.8, 4) is 0 Å². The van der Waals surface area contributed by atoms with E-state index in [4.69, 9.17) is 29.6 Å². The number of carbonyl (C=O) groups excluding carboxylic acids is 1. The summed E-state index contributed by atoms with van der Waals surface area (Å²) < 4.78 is 0.704. The topological polar surface area (TPSA) is 55.1 Å². The number of thiocarbonyl (C=S) groups is 1. The number of nitrogens with one attached hydrogen (secondary N) is 1. The Kier molecular flexibility index (Phi) is 5.88. The molecular formula is C11H12BrClN2OS. The molecule has 6 heteroatoms. The molecule has 1 aromatic carbocycles. The fourth-order valence-electron chi connectivity index (χ4n) is 1.24. The lowest BCUT2D eigenvalue weighted by Crippen LogP contribution is -2.25. The minimum atomic E-state index is -0.195. The van der Waals surface area contributed by atoms with E-state index < -0.39 is 0 Å². The highest BCUT2D eigenvalue weighted by Gasteiger charge is 2.11. The summed E-state index contributed by atoms with van der Waals surface area (Å²) in [6.45, 7) is 0.527. The first-order valence-electron chi connectivity index (χ1n) is 5.03. The van der Waals surface area contributed by atoms with Crippen LogP contribution in [0.1, 0.15) is 23.2 Å². The van der Waals surface area contributed by atoms with E-state index in [9.17, 15) is 4.79 Å². The predicted molar refractivity (Wildman–Crippen MR) is 77.5 cm³/mol. The highest BCUT2D eigenvalue weighted by atomic mass is 79.9. The Bertz CT molecular complexity index is 439. The molecule has 0 aromatic heterocycles. The van der Waals surface area contributed by atoms with Crippen LogP contribution in [-0.4, -0.2) is 17.4 Å². The van der Waals surface area contributed by atoms with Crippen molar-refractivity contribution in [1.82, 2.24) is 5.32 Å². The summed E-state index contributed by atoms with van der Waals surface area (Å²) >= 11 is 14.0. The Morgan fingerprint density at radius 2 is 2.24 bits per heavy atom. The van der Waals surface area contributed by atoms with Crippen LogP contribution >= 0.6 is 39.7 Å². The van der Waals surface area contributed by atoms with E-state index in [2.05, 4.69) is 21.2 Å². The first-order chi connectivity index (χ1) is 8.02. The first-order valence-corrected chi connectivity index (χ1v) is 6.61. The van der Waals surface area contributed by atoms with Gasteiger partial charge in [-0.3, -0.25) is 4.79 Å². The quantitative estimate of drug-likeness (QED) is 0.642. The summed E-state index contributed by atoms with van der Waals surface area (Å²) in [6.07, 6.45) is 1.36. The van der Waals surface area contributed by atoms with Crippen molar-refractivity contribution in [3.05, 3.63) is 33.3 Å². The smallest absolute Gasteiger partial charge is 0.252 e. The van der Waals surface area contributed by atoms with Crippen LogP contribution in [0.5, 0.6) is 0 Å². The predicted octanol–water partition coefficient (Wildman–Crippen LogP) is 2.90. The first kappa shape index (κ1) is 14.4. The van der Waals surface area contributed by atoms with Crippen molar-refractivity contribution in [1.29, 1.82) is 0 Å². The van der Waals surface area contributed by atoms with E-state index >= 15 is 0 Å². The molecule has 17 heavy (non-hydrogen) atoms. The summed E-state index contributed by atoms with van der Waals surface area (Å²) in [7, 11) is 0. The largest absolute Gasteiger partial charge is 0.393 e. The van der Waals surface area contributed by atoms with E-state index in [1.54, 1.807) is 18.2 Å². The SMILES string of the molecule is NC(=S)CCCNC(=O)c1cccc(Br)c1Cl. The van der Waals surface area contributed by atoms with Gasteiger partial charge in [0.15, 0.2) is 0 Å². The highest BCUT2D eigenvalue weighted by molar-refractivity contribution is 9.10. The molecule has 1 aromatic rings. The van der Waals surface area contributed by atoms with Crippen molar-refractivity contribution in [2.75, 3.05) is 6.54 Å². The Labute approximate surface area is 119 Å². The lowest BCUT2D eigenvalue weighted by molar-refractivity contribution is 0.0953. The number of carbonyl (C=O) groups is 1. The molecule has 0 aliphatic rings. The van der Waals surface area contributed by atoms with Gasteiger partial charge in [-0.25, -0.2) is 0 Å². The Morgan fingerprint density at radius 1 is 1.53 bits per heavy atom. The molecule has 0 aliphatic heterocycles. The minimum Gasteiger partial charge on any atom is -0.393 e. The lowest BCUT2D eigenvalue weighted by Gasteiger charge is -2.07. The summed E-state index contributed by atoms with van der Waals surface area (Å²) in [5.41, 5.74) is 5.81. The maximum atomic E-state index is 11.8. The monoisotopic (exact) mass is 334 g/mol. The second-order valence-corrected chi connectivity index (χ2v) is 5.18. The van der Waals surface area contributed by atoms with Gasteiger partial charge in [0.25, 0.3) is 5.91 Å². The van der Waals surface area contributed by atoms with Crippen molar-refractivity contribution in [3.63, 3.8) is 0 Å². The number of rotatable bonds is 5. The van der Waals surface area contributed by atoms with Crippen molar-refractivity contribution in [2.45, 2.75) is 12.8 Å². The standard InChI is InChI=1S/C11H12BrClN2OS/c12-8-4-1-3-7(10(8)13)11(16)15-6-2-5-9(14)17/h1,3-4H,2,5-6H2,(H2,14,17)(H,15,16). The summed E-state index contributed by atoms with van der Waals surface area (Å²) in [6, 6.07) is 5.22. The fraction of sp³-hybridized carbons (Fsp3) is 0.273. The maximum absolute atomic E-state index is 11.8. The molecular weight excluding hydrogens is 324 g/mol. The van der Waals surface area contributed by atoms with Gasteiger partial charge in [-0.15, -0.1) is 0 Å². The van der Waals surface area contributed by atoms with Crippen LogP contribution < -0.4 is 11.1 Å². The second-order valence-electron chi connectivity index (χ2n) is 3.43. The van der Waals surface area contributed by atoms with Crippen LogP contribution in [0.3, 0.4) is 0 Å². The average Bonchev–Trinajstić information content (AvgIpc) is 2.27. The molecule has 0 atom stereocenters. The van der Waals surface area contributed by atoms with Gasteiger partial charge in [0, 0.05) is 11.0 Å².